The largest absolute Gasteiger partial charge is 0.303 e. The summed E-state index contributed by atoms with van der Waals surface area (Å²) in [4.78, 5) is 10.5. The number of hydrogen-bond donors (Lipinski definition) is 0. The molecule has 3 nitrogen and oxygen atoms in total. The molecule has 58 valence electrons. The molecular weight excluding hydrogens is 128 g/mol. The maximum Gasteiger partial charge on any atom is 0.135 e. The van der Waals surface area contributed by atoms with Crippen molar-refractivity contribution in [1.82, 2.24) is 5.01 Å². The van der Waals surface area contributed by atoms with Crippen LogP contribution in [0, 0.1) is 0 Å². The van der Waals surface area contributed by atoms with Crippen LogP contribution in [0.5, 0.6) is 0 Å². The van der Waals surface area contributed by atoms with Crippen molar-refractivity contribution in [3.8, 4) is 0 Å². The van der Waals surface area contributed by atoms with Crippen LogP contribution in [0.2, 0.25) is 0 Å². The minimum atomic E-state index is 0.156. The third kappa shape index (κ3) is 5.28. The monoisotopic (exact) mass is 142 g/mol. The molecule has 0 aromatic heterocycles. The molecule has 0 aliphatic carbocycles. The van der Waals surface area contributed by atoms with E-state index in [1.165, 1.54) is 0 Å². The molecule has 0 heterocycles. The molecule has 0 aliphatic rings. The van der Waals surface area contributed by atoms with E-state index in [4.69, 9.17) is 0 Å². The van der Waals surface area contributed by atoms with E-state index in [-0.39, 0.29) is 5.78 Å². The van der Waals surface area contributed by atoms with E-state index in [1.807, 2.05) is 21.0 Å². The van der Waals surface area contributed by atoms with Gasteiger partial charge in [-0.25, -0.2) is 0 Å². The number of hydrogen-bond acceptors (Lipinski definition) is 3. The molecule has 0 aromatic carbocycles. The highest BCUT2D eigenvalue weighted by Gasteiger charge is 1.95. The molecule has 0 bridgehead atoms. The summed E-state index contributed by atoms with van der Waals surface area (Å²) in [6, 6.07) is 0. The maximum absolute atomic E-state index is 10.5. The normalized spacial score (nSPS) is 11.4. The highest BCUT2D eigenvalue weighted by Crippen LogP contribution is 1.88. The molecule has 0 fully saturated rings. The van der Waals surface area contributed by atoms with Gasteiger partial charge in [0.2, 0.25) is 0 Å². The van der Waals surface area contributed by atoms with Crippen LogP contribution >= 0.6 is 0 Å². The van der Waals surface area contributed by atoms with Crippen molar-refractivity contribution in [2.24, 2.45) is 5.10 Å². The lowest BCUT2D eigenvalue weighted by Crippen LogP contribution is -2.08. The van der Waals surface area contributed by atoms with Gasteiger partial charge in [0.15, 0.2) is 0 Å². The van der Waals surface area contributed by atoms with Crippen LogP contribution in [0.4, 0.5) is 0 Å². The highest BCUT2D eigenvalue weighted by atomic mass is 16.1. The standard InChI is InChI=1S/C7H14N2O/c1-6(5-7(2)10)8-9(3)4/h5H2,1-4H3/b8-6-. The molecule has 0 atom stereocenters. The van der Waals surface area contributed by atoms with Gasteiger partial charge in [0.05, 0.1) is 0 Å². The lowest BCUT2D eigenvalue weighted by Gasteiger charge is -2.05. The van der Waals surface area contributed by atoms with Crippen LogP contribution in [0.15, 0.2) is 5.10 Å². The number of Topliss-reactive ketones (excluding diaryl/α,β-unsaturated/α-hetero) is 1. The summed E-state index contributed by atoms with van der Waals surface area (Å²) in [6.07, 6.45) is 0.457. The van der Waals surface area contributed by atoms with Crippen LogP contribution in [-0.4, -0.2) is 30.6 Å². The zero-order valence-corrected chi connectivity index (χ0v) is 7.01. The van der Waals surface area contributed by atoms with E-state index in [9.17, 15) is 4.79 Å². The molecule has 3 heteroatoms. The van der Waals surface area contributed by atoms with E-state index >= 15 is 0 Å². The van der Waals surface area contributed by atoms with Crippen LogP contribution < -0.4 is 0 Å². The number of rotatable bonds is 3. The first-order valence-electron chi connectivity index (χ1n) is 3.23. The molecule has 0 unspecified atom stereocenters. The Hall–Kier alpha value is -0.860. The van der Waals surface area contributed by atoms with Crippen molar-refractivity contribution in [3.63, 3.8) is 0 Å². The van der Waals surface area contributed by atoms with E-state index in [0.717, 1.165) is 5.71 Å². The quantitative estimate of drug-likeness (QED) is 0.433. The van der Waals surface area contributed by atoms with Gasteiger partial charge >= 0.3 is 0 Å². The molecule has 0 rings (SSSR count). The van der Waals surface area contributed by atoms with E-state index < -0.39 is 0 Å². The molecule has 0 spiro atoms. The molecule has 0 saturated heterocycles. The Bertz CT molecular complexity index is 150. The van der Waals surface area contributed by atoms with Gasteiger partial charge in [0, 0.05) is 26.2 Å². The van der Waals surface area contributed by atoms with Gasteiger partial charge < -0.3 is 5.01 Å². The van der Waals surface area contributed by atoms with Crippen molar-refractivity contribution >= 4 is 11.5 Å². The minimum absolute atomic E-state index is 0.156. The summed E-state index contributed by atoms with van der Waals surface area (Å²) < 4.78 is 0. The summed E-state index contributed by atoms with van der Waals surface area (Å²) in [5, 5.41) is 5.74. The Balaban J connectivity index is 3.82. The second-order valence-corrected chi connectivity index (χ2v) is 2.56. The highest BCUT2D eigenvalue weighted by molar-refractivity contribution is 5.99. The van der Waals surface area contributed by atoms with Crippen molar-refractivity contribution in [2.45, 2.75) is 20.3 Å². The number of carbonyl (C=O) groups is 1. The Labute approximate surface area is 61.7 Å². The van der Waals surface area contributed by atoms with Gasteiger partial charge in [0.25, 0.3) is 0 Å². The zero-order chi connectivity index (χ0) is 8.15. The average molecular weight is 142 g/mol. The third-order valence-corrected chi connectivity index (χ3v) is 0.875. The minimum Gasteiger partial charge on any atom is -0.303 e. The molecule has 0 radical (unpaired) electrons. The Kier molecular flexibility index (Phi) is 3.69. The van der Waals surface area contributed by atoms with Crippen molar-refractivity contribution in [3.05, 3.63) is 0 Å². The predicted octanol–water partition coefficient (Wildman–Crippen LogP) is 0.903. The second kappa shape index (κ2) is 4.04. The topological polar surface area (TPSA) is 32.7 Å². The smallest absolute Gasteiger partial charge is 0.135 e. The van der Waals surface area contributed by atoms with Gasteiger partial charge in [-0.15, -0.1) is 0 Å². The lowest BCUT2D eigenvalue weighted by molar-refractivity contribution is -0.115. The fraction of sp³-hybridized carbons (Fsp3) is 0.714. The number of nitrogens with zero attached hydrogens (tertiary/aromatic N) is 2. The van der Waals surface area contributed by atoms with Crippen LogP contribution in [0.1, 0.15) is 20.3 Å². The number of carbonyl (C=O) groups excluding carboxylic acids is 1. The molecule has 0 amide bonds. The van der Waals surface area contributed by atoms with Crippen molar-refractivity contribution in [2.75, 3.05) is 14.1 Å². The summed E-state index contributed by atoms with van der Waals surface area (Å²) >= 11 is 0. The summed E-state index contributed by atoms with van der Waals surface area (Å²) in [6.45, 7) is 3.41. The van der Waals surface area contributed by atoms with E-state index in [2.05, 4.69) is 5.10 Å². The maximum atomic E-state index is 10.5. The van der Waals surface area contributed by atoms with Crippen molar-refractivity contribution in [1.29, 1.82) is 0 Å². The fourth-order valence-corrected chi connectivity index (χ4v) is 0.737. The number of ketones is 1. The zero-order valence-electron chi connectivity index (χ0n) is 7.01. The molecule has 10 heavy (non-hydrogen) atoms. The second-order valence-electron chi connectivity index (χ2n) is 2.56. The summed E-state index contributed by atoms with van der Waals surface area (Å²) in [7, 11) is 3.67. The van der Waals surface area contributed by atoms with E-state index in [1.54, 1.807) is 11.9 Å². The van der Waals surface area contributed by atoms with Crippen LogP contribution in [-0.2, 0) is 4.79 Å². The molecule has 0 N–H and O–H groups in total. The van der Waals surface area contributed by atoms with Gasteiger partial charge in [-0.2, -0.15) is 5.10 Å². The lowest BCUT2D eigenvalue weighted by atomic mass is 10.2. The summed E-state index contributed by atoms with van der Waals surface area (Å²) in [5.74, 6) is 0.156. The molecule has 0 aliphatic heterocycles. The van der Waals surface area contributed by atoms with Gasteiger partial charge in [-0.3, -0.25) is 4.79 Å². The Morgan fingerprint density at radius 2 is 1.90 bits per heavy atom. The fourth-order valence-electron chi connectivity index (χ4n) is 0.737. The van der Waals surface area contributed by atoms with Crippen LogP contribution in [0.3, 0.4) is 0 Å². The predicted molar refractivity (Wildman–Crippen MR) is 42.1 cm³/mol. The van der Waals surface area contributed by atoms with Gasteiger partial charge in [-0.05, 0) is 13.8 Å². The van der Waals surface area contributed by atoms with Crippen LogP contribution in [0.25, 0.3) is 0 Å². The molecule has 0 aromatic rings. The first-order chi connectivity index (χ1) is 4.52. The first-order valence-corrected chi connectivity index (χ1v) is 3.23. The van der Waals surface area contributed by atoms with Gasteiger partial charge in [-0.1, -0.05) is 0 Å². The average Bonchev–Trinajstić information content (AvgIpc) is 1.58. The number of hydrazone groups is 1. The van der Waals surface area contributed by atoms with Gasteiger partial charge in [0.1, 0.15) is 5.78 Å². The third-order valence-electron chi connectivity index (χ3n) is 0.875. The summed E-state index contributed by atoms with van der Waals surface area (Å²) in [5.41, 5.74) is 0.859. The SMILES string of the molecule is CC(=O)C/C(C)=N\N(C)C. The molecule has 0 saturated carbocycles. The van der Waals surface area contributed by atoms with E-state index in [0.29, 0.717) is 6.42 Å². The van der Waals surface area contributed by atoms with Crippen molar-refractivity contribution < 1.29 is 4.79 Å². The first kappa shape index (κ1) is 9.14. The Morgan fingerprint density at radius 1 is 1.40 bits per heavy atom. The molecular formula is C7H14N2O. The Morgan fingerprint density at radius 3 is 2.20 bits per heavy atom.